The van der Waals surface area contributed by atoms with Gasteiger partial charge in [-0.15, -0.1) is 0 Å². The molecule has 23 heavy (non-hydrogen) atoms. The quantitative estimate of drug-likeness (QED) is 0.696. The number of guanidine groups is 2. The number of fused-ring (bicyclic) bond motifs is 1. The predicted molar refractivity (Wildman–Crippen MR) is 92.9 cm³/mol. The molecule has 8 heteroatoms. The highest BCUT2D eigenvalue weighted by Crippen LogP contribution is 2.40. The number of benzene rings is 1. The summed E-state index contributed by atoms with van der Waals surface area (Å²) in [6.45, 7) is 0. The second-order valence-electron chi connectivity index (χ2n) is 6.01. The normalized spacial score (nSPS) is 20.6. The lowest BCUT2D eigenvalue weighted by Gasteiger charge is -2.45. The molecule has 1 aromatic carbocycles. The molecule has 0 amide bonds. The molecule has 5 N–H and O–H groups in total. The molecule has 0 bridgehead atoms. The van der Waals surface area contributed by atoms with Gasteiger partial charge >= 0.3 is 0 Å². The minimum atomic E-state index is -0.449. The van der Waals surface area contributed by atoms with E-state index < -0.39 is 5.66 Å². The van der Waals surface area contributed by atoms with Gasteiger partial charge in [-0.3, -0.25) is 4.90 Å². The van der Waals surface area contributed by atoms with E-state index in [1.54, 1.807) is 0 Å². The summed E-state index contributed by atoms with van der Waals surface area (Å²) in [5.74, 6) is 0.619. The van der Waals surface area contributed by atoms with Gasteiger partial charge in [0.1, 0.15) is 5.66 Å². The fraction of sp³-hybridized carbons (Fsp3) is 0.400. The summed E-state index contributed by atoms with van der Waals surface area (Å²) in [6.07, 6.45) is 5.19. The average molecular weight is 330 g/mol. The Morgan fingerprint density at radius 1 is 1.22 bits per heavy atom. The molecule has 0 saturated heterocycles. The Morgan fingerprint density at radius 3 is 2.78 bits per heavy atom. The first kappa shape index (κ1) is 14.3. The third-order valence-electron chi connectivity index (χ3n) is 4.51. The molecule has 2 aromatic rings. The highest BCUT2D eigenvalue weighted by atomic mass is 32.1. The molecule has 1 saturated carbocycles. The Hall–Kier alpha value is -2.35. The summed E-state index contributed by atoms with van der Waals surface area (Å²) in [5.41, 5.74) is 14.1. The number of aromatic amines is 1. The Morgan fingerprint density at radius 2 is 2.00 bits per heavy atom. The molecule has 7 nitrogen and oxygen atoms in total. The van der Waals surface area contributed by atoms with E-state index in [1.165, 1.54) is 6.42 Å². The van der Waals surface area contributed by atoms with E-state index >= 15 is 0 Å². The van der Waals surface area contributed by atoms with Crippen LogP contribution >= 0.6 is 12.2 Å². The molecular weight excluding hydrogens is 312 g/mol. The number of nitrogens with zero attached hydrogens (tertiary/aromatic N) is 3. The van der Waals surface area contributed by atoms with Gasteiger partial charge in [-0.25, -0.2) is 4.99 Å². The minimum Gasteiger partial charge on any atom is -0.429 e. The van der Waals surface area contributed by atoms with E-state index in [1.807, 2.05) is 23.1 Å². The number of anilines is 1. The topological polar surface area (TPSA) is 109 Å². The number of hydrogen-bond acceptors (Lipinski definition) is 7. The van der Waals surface area contributed by atoms with Crippen LogP contribution in [0.1, 0.15) is 32.1 Å². The Balaban J connectivity index is 1.85. The van der Waals surface area contributed by atoms with Crippen LogP contribution in [0.15, 0.2) is 32.6 Å². The highest BCUT2D eigenvalue weighted by Gasteiger charge is 2.42. The van der Waals surface area contributed by atoms with Crippen molar-refractivity contribution in [2.45, 2.75) is 37.8 Å². The van der Waals surface area contributed by atoms with Crippen molar-refractivity contribution in [2.24, 2.45) is 21.5 Å². The van der Waals surface area contributed by atoms with Crippen LogP contribution in [-0.4, -0.2) is 22.6 Å². The molecule has 1 aromatic heterocycles. The molecule has 1 aliphatic heterocycles. The van der Waals surface area contributed by atoms with Crippen LogP contribution in [0.3, 0.4) is 0 Å². The number of H-pyrrole nitrogens is 1. The summed E-state index contributed by atoms with van der Waals surface area (Å²) in [4.78, 5) is 14.2. The van der Waals surface area contributed by atoms with E-state index in [9.17, 15) is 0 Å². The summed E-state index contributed by atoms with van der Waals surface area (Å²) in [6, 6.07) is 5.81. The lowest BCUT2D eigenvalue weighted by Crippen LogP contribution is -2.58. The van der Waals surface area contributed by atoms with Gasteiger partial charge in [-0.1, -0.05) is 6.42 Å². The van der Waals surface area contributed by atoms with Gasteiger partial charge in [-0.05, 0) is 50.0 Å². The lowest BCUT2D eigenvalue weighted by atomic mass is 9.87. The Labute approximate surface area is 138 Å². The van der Waals surface area contributed by atoms with Gasteiger partial charge in [-0.2, -0.15) is 4.99 Å². The van der Waals surface area contributed by atoms with Crippen LogP contribution in [-0.2, 0) is 0 Å². The second-order valence-corrected chi connectivity index (χ2v) is 6.38. The summed E-state index contributed by atoms with van der Waals surface area (Å²) < 4.78 is 5.52. The number of nitrogens with two attached hydrogens (primary N) is 2. The summed E-state index contributed by atoms with van der Waals surface area (Å²) in [5, 5.41) is 0. The molecule has 0 unspecified atom stereocenters. The van der Waals surface area contributed by atoms with Gasteiger partial charge < -0.3 is 20.9 Å². The molecule has 1 aliphatic carbocycles. The number of rotatable bonds is 1. The predicted octanol–water partition coefficient (Wildman–Crippen LogP) is 2.60. The molecule has 120 valence electrons. The van der Waals surface area contributed by atoms with Crippen LogP contribution in [0.5, 0.6) is 0 Å². The van der Waals surface area contributed by atoms with E-state index in [4.69, 9.17) is 28.1 Å². The molecule has 4 rings (SSSR count). The maximum atomic E-state index is 6.21. The van der Waals surface area contributed by atoms with Gasteiger partial charge in [0, 0.05) is 6.07 Å². The molecule has 1 fully saturated rings. The zero-order chi connectivity index (χ0) is 16.0. The van der Waals surface area contributed by atoms with E-state index in [0.717, 1.165) is 36.9 Å². The number of aliphatic imine (C=N–C) groups is 2. The number of oxazole rings is 1. The van der Waals surface area contributed by atoms with Crippen molar-refractivity contribution in [3.05, 3.63) is 23.0 Å². The van der Waals surface area contributed by atoms with Crippen molar-refractivity contribution in [2.75, 3.05) is 4.90 Å². The minimum absolute atomic E-state index is 0.251. The van der Waals surface area contributed by atoms with E-state index in [0.29, 0.717) is 16.4 Å². The molecular formula is C15H18N6OS. The maximum absolute atomic E-state index is 6.21. The van der Waals surface area contributed by atoms with Gasteiger partial charge in [0.25, 0.3) is 4.84 Å². The first-order valence-corrected chi connectivity index (χ1v) is 8.11. The molecule has 0 radical (unpaired) electrons. The van der Waals surface area contributed by atoms with Crippen molar-refractivity contribution in [1.82, 2.24) is 4.98 Å². The smallest absolute Gasteiger partial charge is 0.266 e. The lowest BCUT2D eigenvalue weighted by molar-refractivity contribution is 0.305. The van der Waals surface area contributed by atoms with Crippen molar-refractivity contribution in [3.63, 3.8) is 0 Å². The molecule has 1 spiro atoms. The standard InChI is InChI=1S/C15H18N6OS/c16-12-19-13(17)21(15(20-12)6-2-1-3-7-15)9-4-5-10-11(8-9)22-14(23)18-10/h4-5,8H,1-3,6-7H2,(H,18,23)(H4,16,17,19,20). The number of nitrogens with one attached hydrogen (secondary N) is 1. The van der Waals surface area contributed by atoms with Crippen molar-refractivity contribution >= 4 is 40.9 Å². The second kappa shape index (κ2) is 5.09. The third kappa shape index (κ3) is 2.29. The average Bonchev–Trinajstić information content (AvgIpc) is 2.86. The zero-order valence-electron chi connectivity index (χ0n) is 12.6. The SMILES string of the molecule is NC1=NC2(CCCCC2)N(c2ccc3[nH]c(=S)oc3c2)C(N)=N1. The molecule has 2 aliphatic rings. The largest absolute Gasteiger partial charge is 0.429 e. The fourth-order valence-electron chi connectivity index (χ4n) is 3.57. The van der Waals surface area contributed by atoms with Crippen LogP contribution in [0.2, 0.25) is 0 Å². The van der Waals surface area contributed by atoms with Gasteiger partial charge in [0.05, 0.1) is 11.2 Å². The van der Waals surface area contributed by atoms with Crippen molar-refractivity contribution in [1.29, 1.82) is 0 Å². The van der Waals surface area contributed by atoms with E-state index in [-0.39, 0.29) is 5.96 Å². The van der Waals surface area contributed by atoms with E-state index in [2.05, 4.69) is 15.0 Å². The van der Waals surface area contributed by atoms with Gasteiger partial charge in [0.2, 0.25) is 11.9 Å². The summed E-state index contributed by atoms with van der Waals surface area (Å²) >= 11 is 5.05. The molecule has 0 atom stereocenters. The first-order valence-electron chi connectivity index (χ1n) is 7.70. The maximum Gasteiger partial charge on any atom is 0.266 e. The van der Waals surface area contributed by atoms with Crippen molar-refractivity contribution < 1.29 is 4.42 Å². The first-order chi connectivity index (χ1) is 11.1. The van der Waals surface area contributed by atoms with Crippen LogP contribution in [0.25, 0.3) is 11.1 Å². The summed E-state index contributed by atoms with van der Waals surface area (Å²) in [7, 11) is 0. The van der Waals surface area contributed by atoms with Crippen LogP contribution in [0, 0.1) is 4.84 Å². The zero-order valence-corrected chi connectivity index (χ0v) is 13.4. The highest BCUT2D eigenvalue weighted by molar-refractivity contribution is 7.71. The number of aromatic nitrogens is 1. The third-order valence-corrected chi connectivity index (χ3v) is 4.70. The van der Waals surface area contributed by atoms with Crippen molar-refractivity contribution in [3.8, 4) is 0 Å². The Bertz CT molecular complexity index is 873. The molecule has 2 heterocycles. The van der Waals surface area contributed by atoms with Gasteiger partial charge in [0.15, 0.2) is 5.58 Å². The Kier molecular flexibility index (Phi) is 3.15. The van der Waals surface area contributed by atoms with Crippen LogP contribution in [0.4, 0.5) is 5.69 Å². The monoisotopic (exact) mass is 330 g/mol. The number of hydrogen-bond donors (Lipinski definition) is 3. The fourth-order valence-corrected chi connectivity index (χ4v) is 3.77. The van der Waals surface area contributed by atoms with Crippen LogP contribution < -0.4 is 16.4 Å².